The Morgan fingerprint density at radius 3 is 2.86 bits per heavy atom. The zero-order valence-corrected chi connectivity index (χ0v) is 9.85. The Balaban J connectivity index is 2.31. The van der Waals surface area contributed by atoms with Crippen LogP contribution in [0.15, 0.2) is 23.1 Å². The van der Waals surface area contributed by atoms with Crippen LogP contribution < -0.4 is 0 Å². The van der Waals surface area contributed by atoms with Crippen LogP contribution >= 0.6 is 24.2 Å². The van der Waals surface area contributed by atoms with E-state index in [1.807, 2.05) is 12.1 Å². The summed E-state index contributed by atoms with van der Waals surface area (Å²) in [5.41, 5.74) is 1.24. The van der Waals surface area contributed by atoms with Gasteiger partial charge in [-0.05, 0) is 44.1 Å². The Hall–Kier alpha value is -0.180. The number of hydrogen-bond donors (Lipinski definition) is 1. The van der Waals surface area contributed by atoms with Crippen LogP contribution in [-0.4, -0.2) is 18.5 Å². The van der Waals surface area contributed by atoms with Crippen LogP contribution in [0.25, 0.3) is 0 Å². The molecule has 1 unspecified atom stereocenters. The van der Waals surface area contributed by atoms with E-state index in [4.69, 9.17) is 11.6 Å². The normalized spacial score (nSPS) is 22.9. The first-order chi connectivity index (χ1) is 6.68. The maximum atomic E-state index is 6.20. The standard InChI is InChI=1S/C11H14ClNS/c1-13-6-2-3-11(13)9-5-4-8(14)7-10(9)12/h4-5,7,11,14H,2-3,6H2,1H3. The minimum absolute atomic E-state index is 0.497. The van der Waals surface area contributed by atoms with Gasteiger partial charge in [0.1, 0.15) is 0 Å². The monoisotopic (exact) mass is 227 g/mol. The highest BCUT2D eigenvalue weighted by Gasteiger charge is 2.24. The topological polar surface area (TPSA) is 3.24 Å². The van der Waals surface area contributed by atoms with E-state index in [-0.39, 0.29) is 0 Å². The third-order valence-corrected chi connectivity index (χ3v) is 3.47. The Labute approximate surface area is 95.5 Å². The van der Waals surface area contributed by atoms with E-state index in [0.29, 0.717) is 6.04 Å². The van der Waals surface area contributed by atoms with Crippen LogP contribution in [0.1, 0.15) is 24.4 Å². The lowest BCUT2D eigenvalue weighted by molar-refractivity contribution is 0.317. The summed E-state index contributed by atoms with van der Waals surface area (Å²) >= 11 is 10.5. The van der Waals surface area contributed by atoms with Crippen molar-refractivity contribution in [3.63, 3.8) is 0 Å². The van der Waals surface area contributed by atoms with Gasteiger partial charge in [-0.1, -0.05) is 17.7 Å². The van der Waals surface area contributed by atoms with Crippen LogP contribution in [0.2, 0.25) is 5.02 Å². The molecule has 0 saturated carbocycles. The largest absolute Gasteiger partial charge is 0.299 e. The van der Waals surface area contributed by atoms with Crippen molar-refractivity contribution in [2.45, 2.75) is 23.8 Å². The number of halogens is 1. The van der Waals surface area contributed by atoms with E-state index >= 15 is 0 Å². The summed E-state index contributed by atoms with van der Waals surface area (Å²) in [6, 6.07) is 6.52. The molecule has 0 radical (unpaired) electrons. The van der Waals surface area contributed by atoms with Gasteiger partial charge in [-0.25, -0.2) is 0 Å². The quantitative estimate of drug-likeness (QED) is 0.720. The molecule has 0 spiro atoms. The summed E-state index contributed by atoms with van der Waals surface area (Å²) in [7, 11) is 2.16. The van der Waals surface area contributed by atoms with E-state index in [0.717, 1.165) is 9.92 Å². The van der Waals surface area contributed by atoms with Crippen molar-refractivity contribution in [3.8, 4) is 0 Å². The predicted octanol–water partition coefficient (Wildman–Crippen LogP) is 3.40. The third kappa shape index (κ3) is 1.92. The fourth-order valence-corrected chi connectivity index (χ4v) is 2.68. The van der Waals surface area contributed by atoms with Gasteiger partial charge >= 0.3 is 0 Å². The fraction of sp³-hybridized carbons (Fsp3) is 0.455. The minimum atomic E-state index is 0.497. The second kappa shape index (κ2) is 4.13. The molecule has 1 atom stereocenters. The van der Waals surface area contributed by atoms with E-state index in [1.54, 1.807) is 0 Å². The SMILES string of the molecule is CN1CCCC1c1ccc(S)cc1Cl. The summed E-state index contributed by atoms with van der Waals surface area (Å²) in [6.07, 6.45) is 2.47. The van der Waals surface area contributed by atoms with Gasteiger partial charge in [0.15, 0.2) is 0 Å². The summed E-state index contributed by atoms with van der Waals surface area (Å²) in [5, 5.41) is 0.844. The highest BCUT2D eigenvalue weighted by atomic mass is 35.5. The lowest BCUT2D eigenvalue weighted by Gasteiger charge is -2.20. The first-order valence-electron chi connectivity index (χ1n) is 4.87. The van der Waals surface area contributed by atoms with Gasteiger partial charge in [0, 0.05) is 16.0 Å². The molecule has 2 rings (SSSR count). The second-order valence-corrected chi connectivity index (χ2v) is 4.77. The molecule has 1 aromatic rings. The molecule has 1 saturated heterocycles. The first-order valence-corrected chi connectivity index (χ1v) is 5.69. The lowest BCUT2D eigenvalue weighted by atomic mass is 10.1. The molecule has 0 N–H and O–H groups in total. The molecule has 1 aromatic carbocycles. The van der Waals surface area contributed by atoms with Crippen molar-refractivity contribution >= 4 is 24.2 Å². The summed E-state index contributed by atoms with van der Waals surface area (Å²) in [4.78, 5) is 3.29. The molecule has 0 amide bonds. The highest BCUT2D eigenvalue weighted by Crippen LogP contribution is 2.35. The van der Waals surface area contributed by atoms with Crippen LogP contribution in [0.3, 0.4) is 0 Å². The van der Waals surface area contributed by atoms with Gasteiger partial charge in [-0.2, -0.15) is 0 Å². The molecule has 1 nitrogen and oxygen atoms in total. The third-order valence-electron chi connectivity index (χ3n) is 2.86. The Morgan fingerprint density at radius 1 is 1.50 bits per heavy atom. The molecular weight excluding hydrogens is 214 g/mol. The maximum absolute atomic E-state index is 6.20. The molecule has 0 aliphatic carbocycles. The summed E-state index contributed by atoms with van der Waals surface area (Å²) in [6.45, 7) is 1.17. The lowest BCUT2D eigenvalue weighted by Crippen LogP contribution is -2.17. The predicted molar refractivity (Wildman–Crippen MR) is 63.3 cm³/mol. The van der Waals surface area contributed by atoms with Crippen molar-refractivity contribution in [1.82, 2.24) is 4.90 Å². The summed E-state index contributed by atoms with van der Waals surface area (Å²) in [5.74, 6) is 0. The van der Waals surface area contributed by atoms with E-state index in [9.17, 15) is 0 Å². The average molecular weight is 228 g/mol. The molecule has 0 bridgehead atoms. The van der Waals surface area contributed by atoms with E-state index < -0.39 is 0 Å². The molecular formula is C11H14ClNS. The number of nitrogens with zero attached hydrogens (tertiary/aromatic N) is 1. The van der Waals surface area contributed by atoms with Crippen molar-refractivity contribution in [1.29, 1.82) is 0 Å². The molecule has 76 valence electrons. The minimum Gasteiger partial charge on any atom is -0.299 e. The van der Waals surface area contributed by atoms with Gasteiger partial charge in [0.2, 0.25) is 0 Å². The molecule has 3 heteroatoms. The highest BCUT2D eigenvalue weighted by molar-refractivity contribution is 7.80. The van der Waals surface area contributed by atoms with Crippen LogP contribution in [0, 0.1) is 0 Å². The van der Waals surface area contributed by atoms with Crippen molar-refractivity contribution in [3.05, 3.63) is 28.8 Å². The van der Waals surface area contributed by atoms with Crippen molar-refractivity contribution in [2.75, 3.05) is 13.6 Å². The Morgan fingerprint density at radius 2 is 2.29 bits per heavy atom. The Bertz CT molecular complexity index is 340. The van der Waals surface area contributed by atoms with Gasteiger partial charge in [0.25, 0.3) is 0 Å². The molecule has 1 aliphatic rings. The van der Waals surface area contributed by atoms with Gasteiger partial charge < -0.3 is 0 Å². The van der Waals surface area contributed by atoms with Crippen LogP contribution in [0.4, 0.5) is 0 Å². The van der Waals surface area contributed by atoms with E-state index in [2.05, 4.69) is 30.6 Å². The maximum Gasteiger partial charge on any atom is 0.0464 e. The zero-order chi connectivity index (χ0) is 10.1. The number of thiol groups is 1. The fourth-order valence-electron chi connectivity index (χ4n) is 2.09. The van der Waals surface area contributed by atoms with Crippen LogP contribution in [-0.2, 0) is 0 Å². The number of rotatable bonds is 1. The van der Waals surface area contributed by atoms with E-state index in [1.165, 1.54) is 24.9 Å². The Kier molecular flexibility index (Phi) is 3.05. The molecule has 1 fully saturated rings. The zero-order valence-electron chi connectivity index (χ0n) is 8.20. The smallest absolute Gasteiger partial charge is 0.0464 e. The average Bonchev–Trinajstić information content (AvgIpc) is 2.52. The molecule has 0 aromatic heterocycles. The number of hydrogen-bond acceptors (Lipinski definition) is 2. The first kappa shape index (κ1) is 10.3. The molecule has 1 aliphatic heterocycles. The number of likely N-dealkylation sites (tertiary alicyclic amines) is 1. The number of benzene rings is 1. The van der Waals surface area contributed by atoms with Gasteiger partial charge in [-0.15, -0.1) is 12.6 Å². The van der Waals surface area contributed by atoms with Gasteiger partial charge in [-0.3, -0.25) is 4.90 Å². The molecule has 14 heavy (non-hydrogen) atoms. The van der Waals surface area contributed by atoms with Crippen molar-refractivity contribution in [2.24, 2.45) is 0 Å². The van der Waals surface area contributed by atoms with Crippen LogP contribution in [0.5, 0.6) is 0 Å². The molecule has 1 heterocycles. The van der Waals surface area contributed by atoms with Gasteiger partial charge in [0.05, 0.1) is 0 Å². The second-order valence-electron chi connectivity index (χ2n) is 3.84. The summed E-state index contributed by atoms with van der Waals surface area (Å²) < 4.78 is 0. The van der Waals surface area contributed by atoms with Crippen molar-refractivity contribution < 1.29 is 0 Å².